The molecule has 2 aromatic rings. The molecular weight excluding hydrogens is 318 g/mol. The van der Waals surface area contributed by atoms with Crippen LogP contribution in [0.2, 0.25) is 0 Å². The molecule has 0 spiro atoms. The molecule has 0 fully saturated rings. The van der Waals surface area contributed by atoms with E-state index >= 15 is 0 Å². The van der Waals surface area contributed by atoms with Crippen LogP contribution in [-0.2, 0) is 27.3 Å². The predicted molar refractivity (Wildman–Crippen MR) is 94.2 cm³/mol. The number of nitrogens with one attached hydrogen (secondary N) is 1. The van der Waals surface area contributed by atoms with E-state index in [0.29, 0.717) is 30.5 Å². The third-order valence-electron chi connectivity index (χ3n) is 3.82. The maximum Gasteiger partial charge on any atom is 0.305 e. The topological polar surface area (TPSA) is 72.5 Å². The first-order valence-electron chi connectivity index (χ1n) is 8.03. The van der Waals surface area contributed by atoms with Crippen LogP contribution in [0.5, 0.6) is 0 Å². The third-order valence-corrected chi connectivity index (χ3v) is 3.82. The maximum absolute atomic E-state index is 12.5. The number of methoxy groups -OCH3 is 1. The molecule has 0 atom stereocenters. The van der Waals surface area contributed by atoms with Crippen molar-refractivity contribution in [3.05, 3.63) is 70.8 Å². The number of amides is 1. The summed E-state index contributed by atoms with van der Waals surface area (Å²) in [6, 6.07) is 14.4. The Balaban J connectivity index is 2.00. The van der Waals surface area contributed by atoms with Gasteiger partial charge in [0.15, 0.2) is 5.78 Å². The fourth-order valence-corrected chi connectivity index (χ4v) is 2.34. The minimum atomic E-state index is -0.250. The minimum absolute atomic E-state index is 0.0643. The van der Waals surface area contributed by atoms with Crippen molar-refractivity contribution in [2.45, 2.75) is 26.3 Å². The van der Waals surface area contributed by atoms with Gasteiger partial charge in [-0.2, -0.15) is 0 Å². The lowest BCUT2D eigenvalue weighted by Crippen LogP contribution is -2.18. The van der Waals surface area contributed by atoms with Crippen LogP contribution < -0.4 is 5.32 Å². The molecule has 0 bridgehead atoms. The largest absolute Gasteiger partial charge is 0.469 e. The van der Waals surface area contributed by atoms with E-state index in [1.54, 1.807) is 24.3 Å². The molecule has 25 heavy (non-hydrogen) atoms. The quantitative estimate of drug-likeness (QED) is 0.622. The van der Waals surface area contributed by atoms with Crippen molar-refractivity contribution in [2.75, 3.05) is 7.11 Å². The van der Waals surface area contributed by atoms with Gasteiger partial charge in [0.25, 0.3) is 0 Å². The van der Waals surface area contributed by atoms with Crippen LogP contribution in [0.3, 0.4) is 0 Å². The monoisotopic (exact) mass is 339 g/mol. The molecule has 0 saturated carbocycles. The third kappa shape index (κ3) is 5.57. The van der Waals surface area contributed by atoms with Crippen molar-refractivity contribution in [3.8, 4) is 0 Å². The van der Waals surface area contributed by atoms with Crippen molar-refractivity contribution in [1.82, 2.24) is 5.32 Å². The first kappa shape index (κ1) is 18.4. The van der Waals surface area contributed by atoms with E-state index in [1.807, 2.05) is 24.3 Å². The summed E-state index contributed by atoms with van der Waals surface area (Å²) in [5, 5.41) is 2.72. The molecule has 130 valence electrons. The first-order valence-corrected chi connectivity index (χ1v) is 8.03. The Labute approximate surface area is 147 Å². The lowest BCUT2D eigenvalue weighted by atomic mass is 10.00. The zero-order valence-corrected chi connectivity index (χ0v) is 14.4. The number of hydrogen-bond acceptors (Lipinski definition) is 4. The highest BCUT2D eigenvalue weighted by molar-refractivity contribution is 6.09. The van der Waals surface area contributed by atoms with E-state index in [0.717, 1.165) is 11.1 Å². The van der Waals surface area contributed by atoms with Crippen LogP contribution in [-0.4, -0.2) is 24.8 Å². The predicted octanol–water partition coefficient (Wildman–Crippen LogP) is 2.66. The van der Waals surface area contributed by atoms with Crippen molar-refractivity contribution in [2.24, 2.45) is 0 Å². The highest BCUT2D eigenvalue weighted by atomic mass is 16.5. The van der Waals surface area contributed by atoms with Gasteiger partial charge in [0, 0.05) is 31.0 Å². The molecule has 5 nitrogen and oxygen atoms in total. The van der Waals surface area contributed by atoms with Gasteiger partial charge in [-0.3, -0.25) is 14.4 Å². The fraction of sp³-hybridized carbons (Fsp3) is 0.250. The molecule has 0 unspecified atom stereocenters. The Hall–Kier alpha value is -2.95. The molecule has 5 heteroatoms. The molecule has 0 heterocycles. The number of esters is 1. The van der Waals surface area contributed by atoms with Gasteiger partial charge in [-0.05, 0) is 17.5 Å². The van der Waals surface area contributed by atoms with Crippen LogP contribution in [0.25, 0.3) is 0 Å². The van der Waals surface area contributed by atoms with Crippen molar-refractivity contribution >= 4 is 17.7 Å². The number of benzene rings is 2. The molecule has 2 aromatic carbocycles. The number of hydrogen-bond donors (Lipinski definition) is 1. The summed E-state index contributed by atoms with van der Waals surface area (Å²) >= 11 is 0. The fourth-order valence-electron chi connectivity index (χ4n) is 2.34. The molecule has 0 radical (unpaired) electrons. The summed E-state index contributed by atoms with van der Waals surface area (Å²) in [6.07, 6.45) is 0.901. The zero-order valence-electron chi connectivity index (χ0n) is 14.4. The summed E-state index contributed by atoms with van der Waals surface area (Å²) in [6.45, 7) is 1.91. The second-order valence-electron chi connectivity index (χ2n) is 5.71. The smallest absolute Gasteiger partial charge is 0.305 e. The number of carbonyl (C=O) groups excluding carboxylic acids is 3. The number of carbonyl (C=O) groups is 3. The second-order valence-corrected chi connectivity index (χ2v) is 5.71. The maximum atomic E-state index is 12.5. The SMILES string of the molecule is COC(=O)CCc1ccc(C(=O)c2ccc(CNC(C)=O)cc2)cc1. The summed E-state index contributed by atoms with van der Waals surface area (Å²) in [5.41, 5.74) is 3.10. The van der Waals surface area contributed by atoms with Gasteiger partial charge >= 0.3 is 5.97 Å². The van der Waals surface area contributed by atoms with E-state index in [1.165, 1.54) is 14.0 Å². The van der Waals surface area contributed by atoms with Crippen molar-refractivity contribution < 1.29 is 19.1 Å². The standard InChI is InChI=1S/C20H21NO4/c1-14(22)21-13-16-5-10-18(11-6-16)20(24)17-8-3-15(4-9-17)7-12-19(23)25-2/h3-6,8-11H,7,12-13H2,1-2H3,(H,21,22). The Morgan fingerprint density at radius 2 is 1.40 bits per heavy atom. The molecule has 1 amide bonds. The van der Waals surface area contributed by atoms with E-state index in [2.05, 4.69) is 10.1 Å². The minimum Gasteiger partial charge on any atom is -0.469 e. The van der Waals surface area contributed by atoms with Gasteiger partial charge in [0.2, 0.25) is 5.91 Å². The van der Waals surface area contributed by atoms with E-state index in [-0.39, 0.29) is 17.7 Å². The van der Waals surface area contributed by atoms with Crippen LogP contribution in [0.15, 0.2) is 48.5 Å². The lowest BCUT2D eigenvalue weighted by molar-refractivity contribution is -0.140. The summed E-state index contributed by atoms with van der Waals surface area (Å²) in [4.78, 5) is 34.6. The molecule has 0 aliphatic heterocycles. The van der Waals surface area contributed by atoms with E-state index in [9.17, 15) is 14.4 Å². The molecule has 0 aliphatic rings. The van der Waals surface area contributed by atoms with Gasteiger partial charge in [-0.25, -0.2) is 0 Å². The Bertz CT molecular complexity index is 748. The van der Waals surface area contributed by atoms with Crippen LogP contribution in [0.1, 0.15) is 40.4 Å². The number of ketones is 1. The van der Waals surface area contributed by atoms with Crippen molar-refractivity contribution in [1.29, 1.82) is 0 Å². The normalized spacial score (nSPS) is 10.2. The molecular formula is C20H21NO4. The number of rotatable bonds is 7. The summed E-state index contributed by atoms with van der Waals surface area (Å²) in [7, 11) is 1.37. The highest BCUT2D eigenvalue weighted by Gasteiger charge is 2.09. The van der Waals surface area contributed by atoms with Crippen LogP contribution in [0, 0.1) is 0 Å². The van der Waals surface area contributed by atoms with E-state index in [4.69, 9.17) is 0 Å². The summed E-state index contributed by atoms with van der Waals surface area (Å²) in [5.74, 6) is -0.405. The Morgan fingerprint density at radius 3 is 1.88 bits per heavy atom. The molecule has 0 aromatic heterocycles. The van der Waals surface area contributed by atoms with Crippen LogP contribution >= 0.6 is 0 Å². The number of aryl methyl sites for hydroxylation is 1. The molecule has 0 saturated heterocycles. The van der Waals surface area contributed by atoms with Gasteiger partial charge in [-0.1, -0.05) is 48.5 Å². The average molecular weight is 339 g/mol. The van der Waals surface area contributed by atoms with Crippen molar-refractivity contribution in [3.63, 3.8) is 0 Å². The Kier molecular flexibility index (Phi) is 6.46. The lowest BCUT2D eigenvalue weighted by Gasteiger charge is -2.06. The zero-order chi connectivity index (χ0) is 18.2. The second kappa shape index (κ2) is 8.78. The van der Waals surface area contributed by atoms with Gasteiger partial charge in [0.1, 0.15) is 0 Å². The average Bonchev–Trinajstić information content (AvgIpc) is 2.64. The van der Waals surface area contributed by atoms with Gasteiger partial charge in [0.05, 0.1) is 7.11 Å². The van der Waals surface area contributed by atoms with Crippen LogP contribution in [0.4, 0.5) is 0 Å². The summed E-state index contributed by atoms with van der Waals surface area (Å²) < 4.78 is 4.62. The van der Waals surface area contributed by atoms with Gasteiger partial charge in [-0.15, -0.1) is 0 Å². The molecule has 2 rings (SSSR count). The van der Waals surface area contributed by atoms with Gasteiger partial charge < -0.3 is 10.1 Å². The molecule has 1 N–H and O–H groups in total. The first-order chi connectivity index (χ1) is 12.0. The van der Waals surface area contributed by atoms with E-state index < -0.39 is 0 Å². The molecule has 0 aliphatic carbocycles. The Morgan fingerprint density at radius 1 is 0.880 bits per heavy atom. The number of ether oxygens (including phenoxy) is 1. The highest BCUT2D eigenvalue weighted by Crippen LogP contribution is 2.13.